The van der Waals surface area contributed by atoms with Crippen molar-refractivity contribution in [2.45, 2.75) is 12.3 Å². The second-order valence-corrected chi connectivity index (χ2v) is 6.47. The monoisotopic (exact) mass is 338 g/mol. The lowest BCUT2D eigenvalue weighted by Gasteiger charge is -2.12. The number of ketones is 2. The second kappa shape index (κ2) is 6.93. The fraction of sp³-hybridized carbons (Fsp3) is 0.0833. The Morgan fingerprint density at radius 2 is 1.42 bits per heavy atom. The Bertz CT molecular complexity index is 985. The van der Waals surface area contributed by atoms with Gasteiger partial charge in [-0.25, -0.2) is 0 Å². The molecule has 0 saturated carbocycles. The average molecular weight is 338 g/mol. The third-order valence-corrected chi connectivity index (χ3v) is 4.83. The molecular weight excluding hydrogens is 320 g/mol. The van der Waals surface area contributed by atoms with Crippen LogP contribution in [-0.4, -0.2) is 11.6 Å². The maximum atomic E-state index is 12.9. The quantitative estimate of drug-likeness (QED) is 0.476. The summed E-state index contributed by atoms with van der Waals surface area (Å²) in [6, 6.07) is 26.7. The number of carbonyl (C=O) groups excluding carboxylic acids is 2. The Balaban J connectivity index is 1.74. The first-order valence-electron chi connectivity index (χ1n) is 8.72. The van der Waals surface area contributed by atoms with Gasteiger partial charge in [0.25, 0.3) is 0 Å². The molecule has 0 N–H and O–H groups in total. The zero-order valence-corrected chi connectivity index (χ0v) is 14.3. The molecule has 0 heterocycles. The lowest BCUT2D eigenvalue weighted by Crippen LogP contribution is -2.08. The molecule has 126 valence electrons. The van der Waals surface area contributed by atoms with Gasteiger partial charge in [0.15, 0.2) is 11.6 Å². The molecule has 1 aliphatic rings. The highest BCUT2D eigenvalue weighted by molar-refractivity contribution is 6.17. The molecule has 2 heteroatoms. The van der Waals surface area contributed by atoms with Gasteiger partial charge in [-0.05, 0) is 17.2 Å². The van der Waals surface area contributed by atoms with Crippen molar-refractivity contribution < 1.29 is 9.59 Å². The number of benzene rings is 3. The van der Waals surface area contributed by atoms with Crippen LogP contribution in [0.5, 0.6) is 0 Å². The number of Topliss-reactive ketones (excluding diaryl/α,β-unsaturated/α-hetero) is 2. The van der Waals surface area contributed by atoms with Crippen molar-refractivity contribution in [1.29, 1.82) is 0 Å². The maximum Gasteiger partial charge on any atom is 0.189 e. The van der Waals surface area contributed by atoms with Crippen molar-refractivity contribution in [3.63, 3.8) is 0 Å². The van der Waals surface area contributed by atoms with Gasteiger partial charge in [0.05, 0.1) is 0 Å². The van der Waals surface area contributed by atoms with Crippen LogP contribution in [0.3, 0.4) is 0 Å². The molecule has 0 amide bonds. The predicted octanol–water partition coefficient (Wildman–Crippen LogP) is 5.32. The summed E-state index contributed by atoms with van der Waals surface area (Å²) >= 11 is 0. The molecule has 26 heavy (non-hydrogen) atoms. The number of allylic oxidation sites excluding steroid dienone is 1. The van der Waals surface area contributed by atoms with Gasteiger partial charge in [-0.15, -0.1) is 0 Å². The highest BCUT2D eigenvalue weighted by Gasteiger charge is 2.35. The summed E-state index contributed by atoms with van der Waals surface area (Å²) in [6.45, 7) is 0. The number of hydrogen-bond acceptors (Lipinski definition) is 2. The first-order chi connectivity index (χ1) is 12.7. The van der Waals surface area contributed by atoms with Crippen LogP contribution < -0.4 is 0 Å². The Hall–Kier alpha value is -3.26. The van der Waals surface area contributed by atoms with E-state index in [0.29, 0.717) is 23.1 Å². The fourth-order valence-electron chi connectivity index (χ4n) is 3.53. The second-order valence-electron chi connectivity index (χ2n) is 6.47. The third-order valence-electron chi connectivity index (χ3n) is 4.83. The van der Waals surface area contributed by atoms with Gasteiger partial charge >= 0.3 is 0 Å². The Kier molecular flexibility index (Phi) is 4.32. The Labute approximate surface area is 152 Å². The van der Waals surface area contributed by atoms with E-state index in [4.69, 9.17) is 0 Å². The maximum absolute atomic E-state index is 12.9. The molecule has 0 aliphatic heterocycles. The zero-order chi connectivity index (χ0) is 17.9. The number of rotatable bonds is 4. The van der Waals surface area contributed by atoms with Crippen molar-refractivity contribution >= 4 is 17.6 Å². The van der Waals surface area contributed by atoms with Gasteiger partial charge < -0.3 is 0 Å². The SMILES string of the molecule is O=C(C[C@@H]1/C(=C\c2ccccc2)C(=O)c2ccccc21)c1ccccc1. The van der Waals surface area contributed by atoms with E-state index < -0.39 is 0 Å². The van der Waals surface area contributed by atoms with Crippen molar-refractivity contribution in [3.8, 4) is 0 Å². The first-order valence-corrected chi connectivity index (χ1v) is 8.72. The Morgan fingerprint density at radius 1 is 0.808 bits per heavy atom. The molecule has 1 atom stereocenters. The minimum absolute atomic E-state index is 0.0234. The van der Waals surface area contributed by atoms with Gasteiger partial charge in [-0.1, -0.05) is 84.9 Å². The van der Waals surface area contributed by atoms with Crippen LogP contribution in [0.2, 0.25) is 0 Å². The molecule has 2 nitrogen and oxygen atoms in total. The van der Waals surface area contributed by atoms with Crippen LogP contribution in [0.4, 0.5) is 0 Å². The molecule has 0 bridgehead atoms. The summed E-state index contributed by atoms with van der Waals surface area (Å²) in [6.07, 6.45) is 2.22. The molecule has 0 spiro atoms. The number of hydrogen-bond donors (Lipinski definition) is 0. The molecule has 0 radical (unpaired) electrons. The number of carbonyl (C=O) groups is 2. The molecular formula is C24H18O2. The summed E-state index contributed by atoms with van der Waals surface area (Å²) in [4.78, 5) is 25.7. The molecule has 4 rings (SSSR count). The molecule has 3 aromatic carbocycles. The van der Waals surface area contributed by atoms with Crippen molar-refractivity contribution in [2.24, 2.45) is 0 Å². The van der Waals surface area contributed by atoms with E-state index in [1.165, 1.54) is 0 Å². The summed E-state index contributed by atoms with van der Waals surface area (Å²) in [5.41, 5.74) is 4.01. The van der Waals surface area contributed by atoms with Crippen LogP contribution in [0.15, 0.2) is 90.5 Å². The van der Waals surface area contributed by atoms with Gasteiger partial charge in [0.1, 0.15) is 0 Å². The first kappa shape index (κ1) is 16.2. The van der Waals surface area contributed by atoms with Crippen molar-refractivity contribution in [2.75, 3.05) is 0 Å². The highest BCUT2D eigenvalue weighted by Crippen LogP contribution is 2.41. The third kappa shape index (κ3) is 3.02. The van der Waals surface area contributed by atoms with Gasteiger partial charge in [-0.3, -0.25) is 9.59 Å². The standard InChI is InChI=1S/C24H18O2/c25-23(18-11-5-2-6-12-18)16-21-19-13-7-8-14-20(19)24(26)22(21)15-17-9-3-1-4-10-17/h1-15,21H,16H2/b22-15+/t21-/m0/s1. The normalized spacial score (nSPS) is 17.3. The zero-order valence-electron chi connectivity index (χ0n) is 14.3. The highest BCUT2D eigenvalue weighted by atomic mass is 16.1. The van der Waals surface area contributed by atoms with Gasteiger partial charge in [0, 0.05) is 29.0 Å². The molecule has 0 unspecified atom stereocenters. The molecule has 0 fully saturated rings. The lowest BCUT2D eigenvalue weighted by molar-refractivity contribution is 0.0976. The largest absolute Gasteiger partial charge is 0.294 e. The number of fused-ring (bicyclic) bond motifs is 1. The lowest BCUT2D eigenvalue weighted by atomic mass is 9.89. The van der Waals surface area contributed by atoms with E-state index in [1.807, 2.05) is 91.0 Å². The minimum atomic E-state index is -0.202. The Morgan fingerprint density at radius 3 is 2.15 bits per heavy atom. The van der Waals surface area contributed by atoms with Gasteiger partial charge in [-0.2, -0.15) is 0 Å². The van der Waals surface area contributed by atoms with Crippen LogP contribution in [0.1, 0.15) is 44.2 Å². The van der Waals surface area contributed by atoms with Crippen molar-refractivity contribution in [1.82, 2.24) is 0 Å². The molecule has 1 aliphatic carbocycles. The minimum Gasteiger partial charge on any atom is -0.294 e. The molecule has 3 aromatic rings. The van der Waals surface area contributed by atoms with Crippen molar-refractivity contribution in [3.05, 3.63) is 113 Å². The van der Waals surface area contributed by atoms with Crippen LogP contribution in [0.25, 0.3) is 6.08 Å². The van der Waals surface area contributed by atoms with Crippen LogP contribution >= 0.6 is 0 Å². The van der Waals surface area contributed by atoms with E-state index in [0.717, 1.165) is 11.1 Å². The van der Waals surface area contributed by atoms with E-state index in [-0.39, 0.29) is 17.5 Å². The van der Waals surface area contributed by atoms with E-state index >= 15 is 0 Å². The van der Waals surface area contributed by atoms with E-state index in [2.05, 4.69) is 0 Å². The van der Waals surface area contributed by atoms with E-state index in [9.17, 15) is 9.59 Å². The molecule has 0 aromatic heterocycles. The smallest absolute Gasteiger partial charge is 0.189 e. The van der Waals surface area contributed by atoms with Crippen LogP contribution in [0, 0.1) is 0 Å². The molecule has 0 saturated heterocycles. The summed E-state index contributed by atoms with van der Waals surface area (Å²) < 4.78 is 0. The fourth-order valence-corrected chi connectivity index (χ4v) is 3.53. The summed E-state index contributed by atoms with van der Waals surface area (Å²) in [5.74, 6) is -0.124. The summed E-state index contributed by atoms with van der Waals surface area (Å²) in [5, 5.41) is 0. The topological polar surface area (TPSA) is 34.1 Å². The van der Waals surface area contributed by atoms with Gasteiger partial charge in [0.2, 0.25) is 0 Å². The van der Waals surface area contributed by atoms with Crippen LogP contribution in [-0.2, 0) is 0 Å². The van der Waals surface area contributed by atoms with E-state index in [1.54, 1.807) is 0 Å². The predicted molar refractivity (Wildman–Crippen MR) is 103 cm³/mol. The summed E-state index contributed by atoms with van der Waals surface area (Å²) in [7, 11) is 0. The average Bonchev–Trinajstić information content (AvgIpc) is 2.95.